The van der Waals surface area contributed by atoms with Crippen LogP contribution < -0.4 is 5.32 Å². The molecule has 0 aliphatic carbocycles. The number of amides is 1. The molecule has 1 amide bonds. The van der Waals surface area contributed by atoms with Crippen LogP contribution in [-0.4, -0.2) is 29.6 Å². The predicted octanol–water partition coefficient (Wildman–Crippen LogP) is 3.06. The summed E-state index contributed by atoms with van der Waals surface area (Å²) >= 11 is 1.90. The largest absolute Gasteiger partial charge is 0.384 e. The maximum absolute atomic E-state index is 12.9. The van der Waals surface area contributed by atoms with E-state index in [9.17, 15) is 4.79 Å². The van der Waals surface area contributed by atoms with Gasteiger partial charge in [-0.3, -0.25) is 4.79 Å². The minimum absolute atomic E-state index is 0.184. The lowest BCUT2D eigenvalue weighted by Crippen LogP contribution is -2.38. The lowest BCUT2D eigenvalue weighted by molar-refractivity contribution is 0.0752. The van der Waals surface area contributed by atoms with Crippen molar-refractivity contribution in [2.24, 2.45) is 0 Å². The van der Waals surface area contributed by atoms with Crippen molar-refractivity contribution < 1.29 is 4.79 Å². The van der Waals surface area contributed by atoms with Gasteiger partial charge >= 0.3 is 0 Å². The number of fused-ring (bicyclic) bond motifs is 4. The minimum Gasteiger partial charge on any atom is -0.384 e. The second-order valence-electron chi connectivity index (χ2n) is 6.00. The van der Waals surface area contributed by atoms with E-state index >= 15 is 0 Å². The Morgan fingerprint density at radius 3 is 2.91 bits per heavy atom. The Hall–Kier alpha value is -1.94. The van der Waals surface area contributed by atoms with Crippen molar-refractivity contribution in [2.45, 2.75) is 11.3 Å². The SMILES string of the molecule is O=C1c2ccccc2C2(c3cccc4c3CCN4)SCCN12. The lowest BCUT2D eigenvalue weighted by atomic mass is 9.92. The number of carbonyl (C=O) groups is 1. The van der Waals surface area contributed by atoms with Crippen LogP contribution in [0.4, 0.5) is 5.69 Å². The monoisotopic (exact) mass is 308 g/mol. The van der Waals surface area contributed by atoms with Crippen molar-refractivity contribution in [2.75, 3.05) is 24.2 Å². The number of benzene rings is 2. The Kier molecular flexibility index (Phi) is 2.46. The maximum atomic E-state index is 12.9. The molecule has 1 saturated heterocycles. The van der Waals surface area contributed by atoms with Gasteiger partial charge in [0.15, 0.2) is 0 Å². The van der Waals surface area contributed by atoms with Crippen LogP contribution in [0.25, 0.3) is 0 Å². The molecule has 5 rings (SSSR count). The molecule has 0 spiro atoms. The first kappa shape index (κ1) is 12.6. The fourth-order valence-electron chi connectivity index (χ4n) is 4.13. The third-order valence-corrected chi connectivity index (χ3v) is 6.47. The van der Waals surface area contributed by atoms with E-state index in [1.165, 1.54) is 22.4 Å². The van der Waals surface area contributed by atoms with Gasteiger partial charge in [-0.15, -0.1) is 11.8 Å². The molecule has 4 heteroatoms. The summed E-state index contributed by atoms with van der Waals surface area (Å²) in [5.41, 5.74) is 5.96. The lowest BCUT2D eigenvalue weighted by Gasteiger charge is -2.34. The molecule has 0 saturated carbocycles. The van der Waals surface area contributed by atoms with Gasteiger partial charge in [-0.1, -0.05) is 30.3 Å². The van der Waals surface area contributed by atoms with Gasteiger partial charge in [-0.05, 0) is 29.7 Å². The smallest absolute Gasteiger partial charge is 0.255 e. The summed E-state index contributed by atoms with van der Waals surface area (Å²) in [5, 5.41) is 3.46. The molecule has 1 fully saturated rings. The molecular weight excluding hydrogens is 292 g/mol. The second kappa shape index (κ2) is 4.29. The highest BCUT2D eigenvalue weighted by atomic mass is 32.2. The van der Waals surface area contributed by atoms with Gasteiger partial charge in [-0.2, -0.15) is 0 Å². The van der Waals surface area contributed by atoms with E-state index in [-0.39, 0.29) is 10.8 Å². The molecule has 3 aliphatic heterocycles. The summed E-state index contributed by atoms with van der Waals surface area (Å²) in [6, 6.07) is 14.6. The van der Waals surface area contributed by atoms with E-state index in [4.69, 9.17) is 0 Å². The Labute approximate surface area is 133 Å². The molecular formula is C18H16N2OS. The van der Waals surface area contributed by atoms with Gasteiger partial charge in [-0.25, -0.2) is 0 Å². The zero-order valence-corrected chi connectivity index (χ0v) is 13.0. The number of rotatable bonds is 1. The first-order valence-electron chi connectivity index (χ1n) is 7.74. The third kappa shape index (κ3) is 1.36. The highest BCUT2D eigenvalue weighted by molar-refractivity contribution is 8.00. The topological polar surface area (TPSA) is 32.3 Å². The molecule has 1 atom stereocenters. The summed E-state index contributed by atoms with van der Waals surface area (Å²) in [7, 11) is 0. The Morgan fingerprint density at radius 2 is 1.95 bits per heavy atom. The van der Waals surface area contributed by atoms with Gasteiger partial charge in [0.1, 0.15) is 4.87 Å². The molecule has 2 aromatic carbocycles. The zero-order chi connectivity index (χ0) is 14.7. The van der Waals surface area contributed by atoms with Crippen molar-refractivity contribution in [3.05, 3.63) is 64.7 Å². The Morgan fingerprint density at radius 1 is 1.09 bits per heavy atom. The van der Waals surface area contributed by atoms with Crippen LogP contribution in [0, 0.1) is 0 Å². The number of hydrogen-bond donors (Lipinski definition) is 1. The molecule has 22 heavy (non-hydrogen) atoms. The fraction of sp³-hybridized carbons (Fsp3) is 0.278. The molecule has 0 bridgehead atoms. The van der Waals surface area contributed by atoms with Crippen molar-refractivity contribution in [1.29, 1.82) is 0 Å². The van der Waals surface area contributed by atoms with Gasteiger partial charge < -0.3 is 10.2 Å². The molecule has 1 N–H and O–H groups in total. The quantitative estimate of drug-likeness (QED) is 0.879. The molecule has 3 heterocycles. The van der Waals surface area contributed by atoms with E-state index < -0.39 is 0 Å². The number of anilines is 1. The van der Waals surface area contributed by atoms with Gasteiger partial charge in [0.05, 0.1) is 0 Å². The number of hydrogen-bond acceptors (Lipinski definition) is 3. The molecule has 2 aromatic rings. The summed E-state index contributed by atoms with van der Waals surface area (Å²) in [4.78, 5) is 14.6. The normalized spacial score (nSPS) is 24.9. The van der Waals surface area contributed by atoms with Crippen LogP contribution >= 0.6 is 11.8 Å². The van der Waals surface area contributed by atoms with Gasteiger partial charge in [0.25, 0.3) is 5.91 Å². The summed E-state index contributed by atoms with van der Waals surface area (Å²) in [6.07, 6.45) is 1.04. The van der Waals surface area contributed by atoms with Crippen molar-refractivity contribution in [1.82, 2.24) is 4.90 Å². The van der Waals surface area contributed by atoms with Crippen LogP contribution in [0.5, 0.6) is 0 Å². The Bertz CT molecular complexity index is 803. The van der Waals surface area contributed by atoms with Crippen LogP contribution in [-0.2, 0) is 11.3 Å². The number of nitrogens with one attached hydrogen (secondary N) is 1. The molecule has 0 aromatic heterocycles. The predicted molar refractivity (Wildman–Crippen MR) is 89.4 cm³/mol. The summed E-state index contributed by atoms with van der Waals surface area (Å²) in [6.45, 7) is 1.82. The summed E-state index contributed by atoms with van der Waals surface area (Å²) in [5.74, 6) is 1.18. The fourth-order valence-corrected chi connectivity index (χ4v) is 5.71. The van der Waals surface area contributed by atoms with E-state index in [1.54, 1.807) is 0 Å². The Balaban J connectivity index is 1.83. The number of nitrogens with zero attached hydrogens (tertiary/aromatic N) is 1. The first-order chi connectivity index (χ1) is 10.8. The second-order valence-corrected chi connectivity index (χ2v) is 7.29. The van der Waals surface area contributed by atoms with Crippen molar-refractivity contribution >= 4 is 23.4 Å². The minimum atomic E-state index is -0.314. The third-order valence-electron chi connectivity index (χ3n) is 5.01. The van der Waals surface area contributed by atoms with Crippen LogP contribution in [0.3, 0.4) is 0 Å². The maximum Gasteiger partial charge on any atom is 0.255 e. The van der Waals surface area contributed by atoms with Crippen LogP contribution in [0.1, 0.15) is 27.0 Å². The molecule has 110 valence electrons. The zero-order valence-electron chi connectivity index (χ0n) is 12.1. The highest BCUT2D eigenvalue weighted by Crippen LogP contribution is 2.56. The van der Waals surface area contributed by atoms with E-state index in [1.807, 2.05) is 23.9 Å². The number of carbonyl (C=O) groups excluding carboxylic acids is 1. The molecule has 1 unspecified atom stereocenters. The standard InChI is InChI=1S/C18H16N2OS/c21-17-13-4-1-2-5-15(13)18(20(17)10-11-22-18)14-6-3-7-16-12(14)8-9-19-16/h1-7,19H,8-11H2. The van der Waals surface area contributed by atoms with Crippen molar-refractivity contribution in [3.8, 4) is 0 Å². The molecule has 3 nitrogen and oxygen atoms in total. The summed E-state index contributed by atoms with van der Waals surface area (Å²) < 4.78 is 0. The van der Waals surface area contributed by atoms with E-state index in [0.29, 0.717) is 0 Å². The average Bonchev–Trinajstić information content (AvgIpc) is 3.24. The van der Waals surface area contributed by atoms with Crippen LogP contribution in [0.2, 0.25) is 0 Å². The van der Waals surface area contributed by atoms with E-state index in [0.717, 1.165) is 30.8 Å². The highest BCUT2D eigenvalue weighted by Gasteiger charge is 2.55. The first-order valence-corrected chi connectivity index (χ1v) is 8.72. The van der Waals surface area contributed by atoms with Crippen LogP contribution in [0.15, 0.2) is 42.5 Å². The average molecular weight is 308 g/mol. The van der Waals surface area contributed by atoms with Gasteiger partial charge in [0.2, 0.25) is 0 Å². The molecule has 0 radical (unpaired) electrons. The van der Waals surface area contributed by atoms with Crippen molar-refractivity contribution in [3.63, 3.8) is 0 Å². The van der Waals surface area contributed by atoms with Gasteiger partial charge in [0, 0.05) is 35.7 Å². The molecule has 3 aliphatic rings. The number of thioether (sulfide) groups is 1. The van der Waals surface area contributed by atoms with E-state index in [2.05, 4.69) is 40.5 Å².